The standard InChI is InChI=1S/C22H18FN3OS/c1-14-4-3-13-24-19(14)21-20(15-5-9-17(23)10-6-15)25-22(26-21)16-7-11-18(12-8-16)28(2)27/h3-13H,1-2H3,(H,25,26). The van der Waals surface area contributed by atoms with E-state index in [0.717, 1.165) is 33.0 Å². The number of nitrogens with zero attached hydrogens (tertiary/aromatic N) is 2. The normalized spacial score (nSPS) is 12.1. The van der Waals surface area contributed by atoms with E-state index < -0.39 is 10.8 Å². The van der Waals surface area contributed by atoms with Crippen LogP contribution in [0.4, 0.5) is 4.39 Å². The van der Waals surface area contributed by atoms with Crippen LogP contribution in [0.2, 0.25) is 0 Å². The van der Waals surface area contributed by atoms with Crippen molar-refractivity contribution in [3.05, 3.63) is 78.2 Å². The molecule has 0 radical (unpaired) electrons. The molecule has 1 atom stereocenters. The molecule has 0 aliphatic rings. The van der Waals surface area contributed by atoms with E-state index in [1.165, 1.54) is 12.1 Å². The molecule has 6 heteroatoms. The third-order valence-corrected chi connectivity index (χ3v) is 5.46. The Morgan fingerprint density at radius 1 is 0.929 bits per heavy atom. The van der Waals surface area contributed by atoms with Gasteiger partial charge in [-0.05, 0) is 55.0 Å². The zero-order chi connectivity index (χ0) is 19.7. The maximum Gasteiger partial charge on any atom is 0.138 e. The van der Waals surface area contributed by atoms with Crippen LogP contribution in [0, 0.1) is 12.7 Å². The summed E-state index contributed by atoms with van der Waals surface area (Å²) in [5, 5.41) is 0. The van der Waals surface area contributed by atoms with E-state index >= 15 is 0 Å². The average Bonchev–Trinajstić information content (AvgIpc) is 3.14. The summed E-state index contributed by atoms with van der Waals surface area (Å²) >= 11 is 0. The molecule has 0 bridgehead atoms. The second-order valence-electron chi connectivity index (χ2n) is 6.46. The van der Waals surface area contributed by atoms with Gasteiger partial charge in [0.05, 0.1) is 17.1 Å². The first-order chi connectivity index (χ1) is 13.5. The van der Waals surface area contributed by atoms with Gasteiger partial charge in [0.25, 0.3) is 0 Å². The molecule has 4 rings (SSSR count). The van der Waals surface area contributed by atoms with Gasteiger partial charge in [-0.1, -0.05) is 18.2 Å². The Morgan fingerprint density at radius 3 is 2.25 bits per heavy atom. The Morgan fingerprint density at radius 2 is 1.61 bits per heavy atom. The average molecular weight is 391 g/mol. The van der Waals surface area contributed by atoms with Gasteiger partial charge in [0, 0.05) is 39.3 Å². The Labute approximate surface area is 165 Å². The van der Waals surface area contributed by atoms with Crippen LogP contribution in [0.3, 0.4) is 0 Å². The van der Waals surface area contributed by atoms with E-state index in [2.05, 4.69) is 9.97 Å². The SMILES string of the molecule is Cc1cccnc1-c1[nH]c(-c2ccc(S(C)=O)cc2)nc1-c1ccc(F)cc1. The molecule has 1 unspecified atom stereocenters. The fourth-order valence-corrected chi connectivity index (χ4v) is 3.57. The molecular formula is C22H18FN3OS. The van der Waals surface area contributed by atoms with Gasteiger partial charge < -0.3 is 4.98 Å². The first-order valence-corrected chi connectivity index (χ1v) is 10.3. The lowest BCUT2D eigenvalue weighted by atomic mass is 10.1. The summed E-state index contributed by atoms with van der Waals surface area (Å²) in [5.74, 6) is 0.381. The Balaban J connectivity index is 1.88. The van der Waals surface area contributed by atoms with E-state index in [9.17, 15) is 8.60 Å². The van der Waals surface area contributed by atoms with Crippen LogP contribution >= 0.6 is 0 Å². The smallest absolute Gasteiger partial charge is 0.138 e. The quantitative estimate of drug-likeness (QED) is 0.533. The molecule has 2 heterocycles. The Bertz CT molecular complexity index is 1150. The van der Waals surface area contributed by atoms with Gasteiger partial charge in [-0.3, -0.25) is 9.19 Å². The number of aromatic amines is 1. The van der Waals surface area contributed by atoms with Crippen LogP contribution in [0.1, 0.15) is 5.56 Å². The number of pyridine rings is 1. The minimum atomic E-state index is -1.03. The summed E-state index contributed by atoms with van der Waals surface area (Å²) in [7, 11) is -1.03. The number of H-pyrrole nitrogens is 1. The lowest BCUT2D eigenvalue weighted by Gasteiger charge is -2.05. The van der Waals surface area contributed by atoms with Crippen LogP contribution in [0.25, 0.3) is 34.0 Å². The van der Waals surface area contributed by atoms with Crippen molar-refractivity contribution in [3.63, 3.8) is 0 Å². The van der Waals surface area contributed by atoms with Crippen molar-refractivity contribution in [2.24, 2.45) is 0 Å². The number of aromatic nitrogens is 3. The second kappa shape index (κ2) is 7.48. The Kier molecular flexibility index (Phi) is 4.88. The highest BCUT2D eigenvalue weighted by Crippen LogP contribution is 2.33. The molecule has 0 aliphatic heterocycles. The third kappa shape index (κ3) is 3.51. The molecule has 2 aromatic carbocycles. The lowest BCUT2D eigenvalue weighted by Crippen LogP contribution is -1.90. The monoisotopic (exact) mass is 391 g/mol. The molecule has 0 amide bonds. The van der Waals surface area contributed by atoms with Gasteiger partial charge in [0.15, 0.2) is 0 Å². The van der Waals surface area contributed by atoms with Crippen molar-refractivity contribution in [3.8, 4) is 34.0 Å². The molecule has 4 aromatic rings. The summed E-state index contributed by atoms with van der Waals surface area (Å²) < 4.78 is 25.0. The van der Waals surface area contributed by atoms with Crippen molar-refractivity contribution in [2.45, 2.75) is 11.8 Å². The highest BCUT2D eigenvalue weighted by atomic mass is 32.2. The number of hydrogen-bond acceptors (Lipinski definition) is 3. The van der Waals surface area contributed by atoms with Gasteiger partial charge >= 0.3 is 0 Å². The van der Waals surface area contributed by atoms with Crippen molar-refractivity contribution in [1.82, 2.24) is 15.0 Å². The molecule has 0 fully saturated rings. The van der Waals surface area contributed by atoms with Crippen molar-refractivity contribution in [1.29, 1.82) is 0 Å². The highest BCUT2D eigenvalue weighted by molar-refractivity contribution is 7.84. The Hall–Kier alpha value is -3.12. The molecule has 0 aliphatic carbocycles. The predicted molar refractivity (Wildman–Crippen MR) is 110 cm³/mol. The number of nitrogens with one attached hydrogen (secondary N) is 1. The van der Waals surface area contributed by atoms with E-state index in [4.69, 9.17) is 4.98 Å². The van der Waals surface area contributed by atoms with Crippen LogP contribution in [0.15, 0.2) is 71.8 Å². The minimum Gasteiger partial charge on any atom is -0.336 e. The molecule has 140 valence electrons. The largest absolute Gasteiger partial charge is 0.336 e. The summed E-state index contributed by atoms with van der Waals surface area (Å²) in [6.45, 7) is 1.99. The number of hydrogen-bond donors (Lipinski definition) is 1. The van der Waals surface area contributed by atoms with Crippen LogP contribution in [0.5, 0.6) is 0 Å². The summed E-state index contributed by atoms with van der Waals surface area (Å²) in [6.07, 6.45) is 3.39. The zero-order valence-corrected chi connectivity index (χ0v) is 16.3. The number of halogens is 1. The van der Waals surface area contributed by atoms with Gasteiger partial charge in [0.2, 0.25) is 0 Å². The number of benzene rings is 2. The number of aryl methyl sites for hydroxylation is 1. The van der Waals surface area contributed by atoms with E-state index in [0.29, 0.717) is 11.5 Å². The third-order valence-electron chi connectivity index (χ3n) is 4.53. The van der Waals surface area contributed by atoms with E-state index in [1.54, 1.807) is 24.6 Å². The van der Waals surface area contributed by atoms with E-state index in [1.807, 2.05) is 43.3 Å². The fourth-order valence-electron chi connectivity index (χ4n) is 3.05. The molecule has 0 saturated carbocycles. The molecule has 0 saturated heterocycles. The van der Waals surface area contributed by atoms with Gasteiger partial charge in [-0.15, -0.1) is 0 Å². The summed E-state index contributed by atoms with van der Waals surface area (Å²) in [4.78, 5) is 13.4. The summed E-state index contributed by atoms with van der Waals surface area (Å²) in [6, 6.07) is 17.6. The van der Waals surface area contributed by atoms with Crippen LogP contribution in [-0.2, 0) is 10.8 Å². The topological polar surface area (TPSA) is 58.6 Å². The first-order valence-electron chi connectivity index (χ1n) is 8.75. The molecule has 0 spiro atoms. The van der Waals surface area contributed by atoms with Gasteiger partial charge in [-0.25, -0.2) is 9.37 Å². The van der Waals surface area contributed by atoms with Crippen molar-refractivity contribution in [2.75, 3.05) is 6.26 Å². The number of rotatable bonds is 4. The van der Waals surface area contributed by atoms with Crippen LogP contribution in [-0.4, -0.2) is 25.4 Å². The maximum absolute atomic E-state index is 13.4. The summed E-state index contributed by atoms with van der Waals surface area (Å²) in [5.41, 5.74) is 4.97. The second-order valence-corrected chi connectivity index (χ2v) is 7.84. The number of imidazole rings is 1. The molecule has 4 nitrogen and oxygen atoms in total. The predicted octanol–water partition coefficient (Wildman–Crippen LogP) is 4.99. The molecular weight excluding hydrogens is 373 g/mol. The van der Waals surface area contributed by atoms with Gasteiger partial charge in [-0.2, -0.15) is 0 Å². The van der Waals surface area contributed by atoms with Crippen molar-refractivity contribution >= 4 is 10.8 Å². The van der Waals surface area contributed by atoms with Crippen molar-refractivity contribution < 1.29 is 8.60 Å². The van der Waals surface area contributed by atoms with Crippen LogP contribution < -0.4 is 0 Å². The molecule has 28 heavy (non-hydrogen) atoms. The molecule has 2 aromatic heterocycles. The fraction of sp³-hybridized carbons (Fsp3) is 0.0909. The molecule has 1 N–H and O–H groups in total. The zero-order valence-electron chi connectivity index (χ0n) is 15.4. The van der Waals surface area contributed by atoms with Gasteiger partial charge in [0.1, 0.15) is 11.6 Å². The maximum atomic E-state index is 13.4. The highest BCUT2D eigenvalue weighted by Gasteiger charge is 2.17. The minimum absolute atomic E-state index is 0.293. The lowest BCUT2D eigenvalue weighted by molar-refractivity contribution is 0.628. The van der Waals surface area contributed by atoms with E-state index in [-0.39, 0.29) is 5.82 Å². The first kappa shape index (κ1) is 18.3.